The smallest absolute Gasteiger partial charge is 0.253 e. The second-order valence-corrected chi connectivity index (χ2v) is 6.97. The fourth-order valence-electron chi connectivity index (χ4n) is 3.31. The van der Waals surface area contributed by atoms with E-state index in [1.165, 1.54) is 0 Å². The van der Waals surface area contributed by atoms with E-state index >= 15 is 0 Å². The summed E-state index contributed by atoms with van der Waals surface area (Å²) in [5, 5.41) is 3.98. The van der Waals surface area contributed by atoms with Crippen LogP contribution in [-0.2, 0) is 0 Å². The Morgan fingerprint density at radius 3 is 2.21 bits per heavy atom. The van der Waals surface area contributed by atoms with Crippen LogP contribution in [0.4, 0.5) is 0 Å². The van der Waals surface area contributed by atoms with Crippen molar-refractivity contribution in [1.29, 1.82) is 0 Å². The average molecular weight is 394 g/mol. The van der Waals surface area contributed by atoms with Crippen LogP contribution in [0.5, 0.6) is 17.2 Å². The van der Waals surface area contributed by atoms with Crippen LogP contribution >= 0.6 is 0 Å². The fourth-order valence-corrected chi connectivity index (χ4v) is 3.31. The molecule has 6 nitrogen and oxygen atoms in total. The van der Waals surface area contributed by atoms with Gasteiger partial charge in [0.1, 0.15) is 0 Å². The Balaban J connectivity index is 1.90. The molecule has 1 aromatic heterocycles. The second kappa shape index (κ2) is 8.39. The largest absolute Gasteiger partial charge is 0.493 e. The Morgan fingerprint density at radius 1 is 0.966 bits per heavy atom. The molecule has 1 N–H and O–H groups in total. The third-order valence-electron chi connectivity index (χ3n) is 4.94. The number of hydrogen-bond acceptors (Lipinski definition) is 5. The van der Waals surface area contributed by atoms with E-state index in [9.17, 15) is 4.79 Å². The van der Waals surface area contributed by atoms with Crippen LogP contribution in [0.25, 0.3) is 10.9 Å². The molecule has 0 aliphatic rings. The molecular formula is C23H26N2O4. The van der Waals surface area contributed by atoms with Gasteiger partial charge in [-0.05, 0) is 56.2 Å². The molecule has 3 aromatic rings. The van der Waals surface area contributed by atoms with Crippen LogP contribution in [0.1, 0.15) is 40.1 Å². The third kappa shape index (κ3) is 4.11. The summed E-state index contributed by atoms with van der Waals surface area (Å²) in [4.78, 5) is 17.6. The van der Waals surface area contributed by atoms with E-state index in [-0.39, 0.29) is 11.9 Å². The molecule has 1 heterocycles. The zero-order chi connectivity index (χ0) is 21.1. The molecule has 0 aliphatic carbocycles. The highest BCUT2D eigenvalue weighted by Crippen LogP contribution is 2.39. The van der Waals surface area contributed by atoms with Crippen molar-refractivity contribution < 1.29 is 19.0 Å². The predicted molar refractivity (Wildman–Crippen MR) is 113 cm³/mol. The minimum Gasteiger partial charge on any atom is -0.493 e. The molecule has 0 spiro atoms. The number of amides is 1. The molecule has 0 aliphatic heterocycles. The van der Waals surface area contributed by atoms with E-state index in [0.29, 0.717) is 28.5 Å². The Hall–Kier alpha value is -3.28. The van der Waals surface area contributed by atoms with Gasteiger partial charge in [0.15, 0.2) is 11.5 Å². The number of carbonyl (C=O) groups excluding carboxylic acids is 1. The monoisotopic (exact) mass is 394 g/mol. The standard InChI is InChI=1S/C23H26N2O4/c1-13-7-8-16-10-18(15(3)24-19(16)9-13)23(26)25-14(2)17-11-20(27-4)22(29-6)21(12-17)28-5/h7-12,14H,1-6H3,(H,25,26)/t14-/m1/s1. The lowest BCUT2D eigenvalue weighted by atomic mass is 10.0. The van der Waals surface area contributed by atoms with Gasteiger partial charge in [0.2, 0.25) is 5.75 Å². The molecule has 0 saturated heterocycles. The van der Waals surface area contributed by atoms with Crippen LogP contribution < -0.4 is 19.5 Å². The lowest BCUT2D eigenvalue weighted by Gasteiger charge is -2.19. The van der Waals surface area contributed by atoms with Gasteiger partial charge in [-0.1, -0.05) is 12.1 Å². The maximum Gasteiger partial charge on any atom is 0.253 e. The number of aromatic nitrogens is 1. The number of rotatable bonds is 6. The Morgan fingerprint density at radius 2 is 1.62 bits per heavy atom. The van der Waals surface area contributed by atoms with Crippen LogP contribution in [0.2, 0.25) is 0 Å². The summed E-state index contributed by atoms with van der Waals surface area (Å²) in [5.41, 5.74) is 4.11. The molecule has 29 heavy (non-hydrogen) atoms. The number of fused-ring (bicyclic) bond motifs is 1. The van der Waals surface area contributed by atoms with Gasteiger partial charge in [0, 0.05) is 5.39 Å². The number of benzene rings is 2. The number of pyridine rings is 1. The van der Waals surface area contributed by atoms with Crippen LogP contribution in [-0.4, -0.2) is 32.2 Å². The molecule has 3 rings (SSSR count). The summed E-state index contributed by atoms with van der Waals surface area (Å²) < 4.78 is 16.2. The van der Waals surface area contributed by atoms with E-state index in [1.54, 1.807) is 21.3 Å². The predicted octanol–water partition coefficient (Wildman–Crippen LogP) is 4.37. The number of nitrogens with one attached hydrogen (secondary N) is 1. The summed E-state index contributed by atoms with van der Waals surface area (Å²) in [6.07, 6.45) is 0. The zero-order valence-corrected chi connectivity index (χ0v) is 17.6. The molecule has 1 amide bonds. The summed E-state index contributed by atoms with van der Waals surface area (Å²) in [5.74, 6) is 1.42. The van der Waals surface area contributed by atoms with Gasteiger partial charge in [-0.3, -0.25) is 9.78 Å². The van der Waals surface area contributed by atoms with Gasteiger partial charge in [-0.15, -0.1) is 0 Å². The number of ether oxygens (including phenoxy) is 3. The van der Waals surface area contributed by atoms with E-state index in [1.807, 2.05) is 57.2 Å². The Bertz CT molecular complexity index is 1040. The van der Waals surface area contributed by atoms with Gasteiger partial charge in [-0.25, -0.2) is 0 Å². The van der Waals surface area contributed by atoms with Crippen molar-refractivity contribution in [3.63, 3.8) is 0 Å². The molecule has 0 bridgehead atoms. The highest BCUT2D eigenvalue weighted by Gasteiger charge is 2.19. The first-order chi connectivity index (χ1) is 13.9. The zero-order valence-electron chi connectivity index (χ0n) is 17.6. The molecule has 2 aromatic carbocycles. The lowest BCUT2D eigenvalue weighted by Crippen LogP contribution is -2.27. The normalized spacial score (nSPS) is 11.8. The molecule has 0 fully saturated rings. The second-order valence-electron chi connectivity index (χ2n) is 6.97. The summed E-state index contributed by atoms with van der Waals surface area (Å²) in [7, 11) is 4.69. The van der Waals surface area contributed by atoms with Gasteiger partial charge in [-0.2, -0.15) is 0 Å². The number of methoxy groups -OCH3 is 3. The maximum atomic E-state index is 13.0. The van der Waals surface area contributed by atoms with E-state index in [2.05, 4.69) is 10.3 Å². The van der Waals surface area contributed by atoms with E-state index < -0.39 is 0 Å². The quantitative estimate of drug-likeness (QED) is 0.672. The van der Waals surface area contributed by atoms with Crippen molar-refractivity contribution in [2.24, 2.45) is 0 Å². The first-order valence-electron chi connectivity index (χ1n) is 9.36. The first kappa shape index (κ1) is 20.5. The summed E-state index contributed by atoms with van der Waals surface area (Å²) in [6, 6.07) is 11.3. The highest BCUT2D eigenvalue weighted by molar-refractivity contribution is 5.98. The summed E-state index contributed by atoms with van der Waals surface area (Å²) in [6.45, 7) is 5.78. The van der Waals surface area contributed by atoms with Crippen molar-refractivity contribution in [3.8, 4) is 17.2 Å². The minimum atomic E-state index is -0.274. The number of aryl methyl sites for hydroxylation is 2. The van der Waals surface area contributed by atoms with E-state index in [0.717, 1.165) is 22.0 Å². The topological polar surface area (TPSA) is 69.7 Å². The van der Waals surface area contributed by atoms with Crippen molar-refractivity contribution >= 4 is 16.8 Å². The molecule has 1 atom stereocenters. The van der Waals surface area contributed by atoms with Crippen LogP contribution in [0.3, 0.4) is 0 Å². The first-order valence-corrected chi connectivity index (χ1v) is 9.36. The van der Waals surface area contributed by atoms with Crippen molar-refractivity contribution in [1.82, 2.24) is 10.3 Å². The number of nitrogens with zero attached hydrogens (tertiary/aromatic N) is 1. The highest BCUT2D eigenvalue weighted by atomic mass is 16.5. The Labute approximate surface area is 170 Å². The molecule has 6 heteroatoms. The van der Waals surface area contributed by atoms with Gasteiger partial charge in [0.05, 0.1) is 44.1 Å². The van der Waals surface area contributed by atoms with Crippen molar-refractivity contribution in [2.45, 2.75) is 26.8 Å². The number of hydrogen-bond donors (Lipinski definition) is 1. The molecule has 0 unspecified atom stereocenters. The molecule has 152 valence electrons. The molecule has 0 radical (unpaired) electrons. The van der Waals surface area contributed by atoms with Crippen LogP contribution in [0.15, 0.2) is 36.4 Å². The van der Waals surface area contributed by atoms with Gasteiger partial charge in [0.25, 0.3) is 5.91 Å². The fraction of sp³-hybridized carbons (Fsp3) is 0.304. The SMILES string of the molecule is COc1cc([C@@H](C)NC(=O)c2cc3ccc(C)cc3nc2C)cc(OC)c1OC. The van der Waals surface area contributed by atoms with Gasteiger partial charge < -0.3 is 19.5 Å². The lowest BCUT2D eigenvalue weighted by molar-refractivity contribution is 0.0939. The number of carbonyl (C=O) groups is 1. The molecule has 0 saturated carbocycles. The Kier molecular flexibility index (Phi) is 5.92. The summed E-state index contributed by atoms with van der Waals surface area (Å²) >= 11 is 0. The third-order valence-corrected chi connectivity index (χ3v) is 4.94. The maximum absolute atomic E-state index is 13.0. The average Bonchev–Trinajstić information content (AvgIpc) is 2.71. The minimum absolute atomic E-state index is 0.182. The molecular weight excluding hydrogens is 368 g/mol. The van der Waals surface area contributed by atoms with Crippen LogP contribution in [0, 0.1) is 13.8 Å². The van der Waals surface area contributed by atoms with E-state index in [4.69, 9.17) is 14.2 Å². The van der Waals surface area contributed by atoms with Crippen molar-refractivity contribution in [2.75, 3.05) is 21.3 Å². The van der Waals surface area contributed by atoms with Crippen molar-refractivity contribution in [3.05, 3.63) is 58.8 Å². The van der Waals surface area contributed by atoms with Gasteiger partial charge >= 0.3 is 0 Å².